The van der Waals surface area contributed by atoms with Crippen LogP contribution in [-0.4, -0.2) is 33.9 Å². The summed E-state index contributed by atoms with van der Waals surface area (Å²) >= 11 is 3.60. The van der Waals surface area contributed by atoms with Crippen molar-refractivity contribution in [2.45, 2.75) is 32.2 Å². The van der Waals surface area contributed by atoms with Crippen LogP contribution in [0.15, 0.2) is 22.7 Å². The number of methoxy groups -OCH3 is 1. The number of rotatable bonds is 8. The van der Waals surface area contributed by atoms with Crippen LogP contribution in [0.2, 0.25) is 0 Å². The summed E-state index contributed by atoms with van der Waals surface area (Å²) in [4.78, 5) is 2.42. The number of nitrogens with one attached hydrogen (secondary N) is 1. The average Bonchev–Trinajstić information content (AvgIpc) is 2.97. The first-order valence-electron chi connectivity index (χ1n) is 7.90. The lowest BCUT2D eigenvalue weighted by Crippen LogP contribution is -2.26. The van der Waals surface area contributed by atoms with E-state index in [0.29, 0.717) is 0 Å². The van der Waals surface area contributed by atoms with Gasteiger partial charge in [-0.15, -0.1) is 0 Å². The van der Waals surface area contributed by atoms with Crippen molar-refractivity contribution in [3.63, 3.8) is 0 Å². The minimum Gasteiger partial charge on any atom is -0.383 e. The minimum absolute atomic E-state index is 0.754. The number of benzene rings is 1. The van der Waals surface area contributed by atoms with Gasteiger partial charge in [-0.1, -0.05) is 34.8 Å². The Kier molecular flexibility index (Phi) is 7.00. The summed E-state index contributed by atoms with van der Waals surface area (Å²) in [7, 11) is 3.96. The largest absolute Gasteiger partial charge is 0.383 e. The molecule has 1 aliphatic carbocycles. The molecule has 3 nitrogen and oxygen atoms in total. The number of hydrogen-bond acceptors (Lipinski definition) is 3. The maximum absolute atomic E-state index is 5.08. The summed E-state index contributed by atoms with van der Waals surface area (Å²) < 4.78 is 6.23. The zero-order valence-electron chi connectivity index (χ0n) is 13.2. The van der Waals surface area contributed by atoms with E-state index in [1.807, 2.05) is 0 Å². The molecule has 118 valence electrons. The van der Waals surface area contributed by atoms with E-state index in [4.69, 9.17) is 4.74 Å². The molecule has 1 saturated carbocycles. The zero-order valence-corrected chi connectivity index (χ0v) is 14.8. The molecule has 1 aliphatic rings. The average molecular weight is 355 g/mol. The Morgan fingerprint density at radius 3 is 2.81 bits per heavy atom. The Balaban J connectivity index is 1.99. The molecule has 1 aromatic carbocycles. The molecule has 1 N–H and O–H groups in total. The van der Waals surface area contributed by atoms with Crippen LogP contribution in [0.1, 0.15) is 31.2 Å². The Morgan fingerprint density at radius 2 is 2.10 bits per heavy atom. The van der Waals surface area contributed by atoms with Crippen LogP contribution in [0, 0.1) is 5.92 Å². The Bertz CT molecular complexity index is 433. The molecule has 0 atom stereocenters. The SMILES string of the molecule is COCCNCc1ccc(Br)cc1N(C)CC1CCCC1. The van der Waals surface area contributed by atoms with Crippen LogP contribution in [0.3, 0.4) is 0 Å². The molecule has 21 heavy (non-hydrogen) atoms. The molecule has 0 radical (unpaired) electrons. The zero-order chi connectivity index (χ0) is 15.1. The molecule has 0 unspecified atom stereocenters. The Hall–Kier alpha value is -0.580. The number of nitrogens with zero attached hydrogens (tertiary/aromatic N) is 1. The molecule has 2 rings (SSSR count). The molecule has 0 amide bonds. The third-order valence-electron chi connectivity index (χ3n) is 4.26. The van der Waals surface area contributed by atoms with Crippen molar-refractivity contribution in [3.8, 4) is 0 Å². The van der Waals surface area contributed by atoms with Gasteiger partial charge in [0.2, 0.25) is 0 Å². The van der Waals surface area contributed by atoms with Gasteiger partial charge in [0.05, 0.1) is 6.61 Å². The lowest BCUT2D eigenvalue weighted by molar-refractivity contribution is 0.199. The van der Waals surface area contributed by atoms with Crippen molar-refractivity contribution < 1.29 is 4.74 Å². The maximum atomic E-state index is 5.08. The summed E-state index contributed by atoms with van der Waals surface area (Å²) in [5.41, 5.74) is 2.69. The molecule has 0 aromatic heterocycles. The lowest BCUT2D eigenvalue weighted by atomic mass is 10.1. The first-order chi connectivity index (χ1) is 10.2. The van der Waals surface area contributed by atoms with E-state index >= 15 is 0 Å². The predicted octanol–water partition coefficient (Wildman–Crippen LogP) is 3.81. The minimum atomic E-state index is 0.754. The lowest BCUT2D eigenvalue weighted by Gasteiger charge is -2.26. The second kappa shape index (κ2) is 8.76. The van der Waals surface area contributed by atoms with Crippen LogP contribution < -0.4 is 10.2 Å². The van der Waals surface area contributed by atoms with Crippen LogP contribution in [0.25, 0.3) is 0 Å². The van der Waals surface area contributed by atoms with E-state index < -0.39 is 0 Å². The summed E-state index contributed by atoms with van der Waals surface area (Å²) in [6.45, 7) is 3.70. The molecule has 1 fully saturated rings. The van der Waals surface area contributed by atoms with E-state index in [1.165, 1.54) is 43.5 Å². The molecule has 0 spiro atoms. The van der Waals surface area contributed by atoms with Crippen molar-refractivity contribution in [2.24, 2.45) is 5.92 Å². The highest BCUT2D eigenvalue weighted by Gasteiger charge is 2.18. The van der Waals surface area contributed by atoms with E-state index in [0.717, 1.165) is 30.1 Å². The van der Waals surface area contributed by atoms with Gasteiger partial charge in [0.15, 0.2) is 0 Å². The number of halogens is 1. The van der Waals surface area contributed by atoms with Crippen molar-refractivity contribution >= 4 is 21.6 Å². The van der Waals surface area contributed by atoms with Gasteiger partial charge in [-0.25, -0.2) is 0 Å². The van der Waals surface area contributed by atoms with Crippen LogP contribution in [0.5, 0.6) is 0 Å². The molecule has 0 aliphatic heterocycles. The second-order valence-corrected chi connectivity index (χ2v) is 6.89. The molecular weight excluding hydrogens is 328 g/mol. The van der Waals surface area contributed by atoms with Crippen molar-refractivity contribution in [1.82, 2.24) is 5.32 Å². The summed E-state index contributed by atoms with van der Waals surface area (Å²) in [6, 6.07) is 6.58. The van der Waals surface area contributed by atoms with E-state index in [-0.39, 0.29) is 0 Å². The van der Waals surface area contributed by atoms with Crippen molar-refractivity contribution in [3.05, 3.63) is 28.2 Å². The van der Waals surface area contributed by atoms with E-state index in [1.54, 1.807) is 7.11 Å². The van der Waals surface area contributed by atoms with Crippen molar-refractivity contribution in [2.75, 3.05) is 38.8 Å². The Labute approximate surface area is 137 Å². The van der Waals surface area contributed by atoms with Crippen LogP contribution in [0.4, 0.5) is 5.69 Å². The second-order valence-electron chi connectivity index (χ2n) is 5.97. The molecule has 0 heterocycles. The van der Waals surface area contributed by atoms with Gasteiger partial charge in [-0.3, -0.25) is 0 Å². The molecule has 1 aromatic rings. The van der Waals surface area contributed by atoms with Gasteiger partial charge in [-0.05, 0) is 36.5 Å². The third kappa shape index (κ3) is 5.28. The molecule has 0 bridgehead atoms. The predicted molar refractivity (Wildman–Crippen MR) is 93.0 cm³/mol. The van der Waals surface area contributed by atoms with Gasteiger partial charge in [-0.2, -0.15) is 0 Å². The van der Waals surface area contributed by atoms with Gasteiger partial charge in [0, 0.05) is 44.0 Å². The van der Waals surface area contributed by atoms with Gasteiger partial charge in [0.25, 0.3) is 0 Å². The van der Waals surface area contributed by atoms with Gasteiger partial charge in [0.1, 0.15) is 0 Å². The first kappa shape index (κ1) is 16.8. The standard InChI is InChI=1S/C17H27BrN2O/c1-20(13-14-5-3-4-6-14)17-11-16(18)8-7-15(17)12-19-9-10-21-2/h7-8,11,14,19H,3-6,9-10,12-13H2,1-2H3. The number of anilines is 1. The topological polar surface area (TPSA) is 24.5 Å². The fraction of sp³-hybridized carbons (Fsp3) is 0.647. The van der Waals surface area contributed by atoms with E-state index in [9.17, 15) is 0 Å². The third-order valence-corrected chi connectivity index (χ3v) is 4.76. The first-order valence-corrected chi connectivity index (χ1v) is 8.69. The highest BCUT2D eigenvalue weighted by Crippen LogP contribution is 2.29. The fourth-order valence-electron chi connectivity index (χ4n) is 3.12. The summed E-state index contributed by atoms with van der Waals surface area (Å²) in [5.74, 6) is 0.864. The molecule has 0 saturated heterocycles. The monoisotopic (exact) mass is 354 g/mol. The summed E-state index contributed by atoms with van der Waals surface area (Å²) in [5, 5.41) is 3.44. The maximum Gasteiger partial charge on any atom is 0.0587 e. The Morgan fingerprint density at radius 1 is 1.33 bits per heavy atom. The smallest absolute Gasteiger partial charge is 0.0587 e. The van der Waals surface area contributed by atoms with Crippen LogP contribution in [-0.2, 0) is 11.3 Å². The van der Waals surface area contributed by atoms with Crippen molar-refractivity contribution in [1.29, 1.82) is 0 Å². The number of hydrogen-bond donors (Lipinski definition) is 1. The van der Waals surface area contributed by atoms with Crippen LogP contribution >= 0.6 is 15.9 Å². The van der Waals surface area contributed by atoms with Gasteiger partial charge < -0.3 is 15.0 Å². The highest BCUT2D eigenvalue weighted by atomic mass is 79.9. The van der Waals surface area contributed by atoms with Gasteiger partial charge >= 0.3 is 0 Å². The fourth-order valence-corrected chi connectivity index (χ4v) is 3.47. The highest BCUT2D eigenvalue weighted by molar-refractivity contribution is 9.10. The molecule has 4 heteroatoms. The molecular formula is C17H27BrN2O. The quantitative estimate of drug-likeness (QED) is 0.718. The summed E-state index contributed by atoms with van der Waals surface area (Å²) in [6.07, 6.45) is 5.59. The van der Waals surface area contributed by atoms with E-state index in [2.05, 4.69) is 51.4 Å². The number of ether oxygens (including phenoxy) is 1. The normalized spacial score (nSPS) is 15.6.